The second-order valence-corrected chi connectivity index (χ2v) is 5.20. The Labute approximate surface area is 139 Å². The van der Waals surface area contributed by atoms with Crippen LogP contribution >= 0.6 is 23.2 Å². The van der Waals surface area contributed by atoms with Crippen molar-refractivity contribution in [1.82, 2.24) is 0 Å². The maximum Gasteiger partial charge on any atom is 0.148 e. The molecule has 22 heavy (non-hydrogen) atoms. The standard InChI is InChI=1S/C18H11Cl2NO/c1-2-9-22-18-8-3-13(11-17(18)20)10-15(12-21)14-4-6-16(19)7-5-14/h1,3-8,10-11H,9H2/b15-10+. The fourth-order valence-corrected chi connectivity index (χ4v) is 2.19. The molecule has 2 aromatic carbocycles. The molecule has 4 heteroatoms. The average Bonchev–Trinajstić information content (AvgIpc) is 2.53. The first-order chi connectivity index (χ1) is 10.6. The Hall–Kier alpha value is -2.39. The lowest BCUT2D eigenvalue weighted by Gasteiger charge is -2.06. The molecule has 0 aliphatic rings. The highest BCUT2D eigenvalue weighted by Crippen LogP contribution is 2.27. The summed E-state index contributed by atoms with van der Waals surface area (Å²) < 4.78 is 5.30. The molecule has 2 aromatic rings. The largest absolute Gasteiger partial charge is 0.479 e. The van der Waals surface area contributed by atoms with Crippen molar-refractivity contribution in [2.24, 2.45) is 0 Å². The van der Waals surface area contributed by atoms with Gasteiger partial charge in [-0.25, -0.2) is 0 Å². The number of hydrogen-bond donors (Lipinski definition) is 0. The summed E-state index contributed by atoms with van der Waals surface area (Å²) in [6, 6.07) is 14.5. The normalized spacial score (nSPS) is 10.6. The highest BCUT2D eigenvalue weighted by atomic mass is 35.5. The van der Waals surface area contributed by atoms with Gasteiger partial charge in [0, 0.05) is 5.02 Å². The molecule has 0 saturated carbocycles. The van der Waals surface area contributed by atoms with Crippen LogP contribution in [0.3, 0.4) is 0 Å². The van der Waals surface area contributed by atoms with Gasteiger partial charge in [-0.3, -0.25) is 0 Å². The highest BCUT2D eigenvalue weighted by Gasteiger charge is 2.04. The van der Waals surface area contributed by atoms with Gasteiger partial charge >= 0.3 is 0 Å². The van der Waals surface area contributed by atoms with Crippen LogP contribution in [0.2, 0.25) is 10.0 Å². The second-order valence-electron chi connectivity index (χ2n) is 4.36. The Kier molecular flexibility index (Phi) is 5.50. The molecule has 0 aromatic heterocycles. The molecule has 0 unspecified atom stereocenters. The minimum Gasteiger partial charge on any atom is -0.479 e. The molecule has 0 bridgehead atoms. The van der Waals surface area contributed by atoms with E-state index in [1.807, 2.05) is 6.07 Å². The minimum absolute atomic E-state index is 0.156. The molecule has 2 nitrogen and oxygen atoms in total. The first-order valence-corrected chi connectivity index (χ1v) is 7.13. The Morgan fingerprint density at radius 1 is 1.18 bits per heavy atom. The predicted molar refractivity (Wildman–Crippen MR) is 90.7 cm³/mol. The molecule has 0 aliphatic carbocycles. The van der Waals surface area contributed by atoms with Crippen LogP contribution < -0.4 is 4.74 Å². The Balaban J connectivity index is 2.31. The van der Waals surface area contributed by atoms with Crippen molar-refractivity contribution in [3.8, 4) is 24.2 Å². The molecule has 0 heterocycles. The lowest BCUT2D eigenvalue weighted by Crippen LogP contribution is -1.94. The third-order valence-corrected chi connectivity index (χ3v) is 3.40. The van der Waals surface area contributed by atoms with Gasteiger partial charge in [-0.2, -0.15) is 5.26 Å². The zero-order valence-electron chi connectivity index (χ0n) is 11.5. The number of allylic oxidation sites excluding steroid dienone is 1. The molecule has 0 spiro atoms. The summed E-state index contributed by atoms with van der Waals surface area (Å²) in [5.41, 5.74) is 2.10. The van der Waals surface area contributed by atoms with Gasteiger partial charge in [-0.1, -0.05) is 47.3 Å². The smallest absolute Gasteiger partial charge is 0.148 e. The summed E-state index contributed by atoms with van der Waals surface area (Å²) in [5, 5.41) is 10.4. The van der Waals surface area contributed by atoms with Crippen molar-refractivity contribution in [2.75, 3.05) is 6.61 Å². The van der Waals surface area contributed by atoms with Crippen molar-refractivity contribution in [3.63, 3.8) is 0 Å². The number of halogens is 2. The van der Waals surface area contributed by atoms with Gasteiger partial charge < -0.3 is 4.74 Å². The zero-order chi connectivity index (χ0) is 15.9. The van der Waals surface area contributed by atoms with E-state index in [9.17, 15) is 5.26 Å². The summed E-state index contributed by atoms with van der Waals surface area (Å²) in [7, 11) is 0. The van der Waals surface area contributed by atoms with Crippen LogP contribution in [-0.4, -0.2) is 6.61 Å². The second kappa shape index (κ2) is 7.57. The first kappa shape index (κ1) is 16.0. The Bertz CT molecular complexity index is 780. The number of terminal acetylenes is 1. The van der Waals surface area contributed by atoms with Crippen molar-refractivity contribution >= 4 is 34.9 Å². The summed E-state index contributed by atoms with van der Waals surface area (Å²) in [6.07, 6.45) is 6.89. The van der Waals surface area contributed by atoms with Crippen LogP contribution in [0.4, 0.5) is 0 Å². The van der Waals surface area contributed by atoms with Gasteiger partial charge in [0.1, 0.15) is 12.4 Å². The van der Waals surface area contributed by atoms with Crippen molar-refractivity contribution in [1.29, 1.82) is 5.26 Å². The minimum atomic E-state index is 0.156. The summed E-state index contributed by atoms with van der Waals surface area (Å²) in [4.78, 5) is 0. The third kappa shape index (κ3) is 4.06. The first-order valence-electron chi connectivity index (χ1n) is 6.37. The van der Waals surface area contributed by atoms with E-state index in [2.05, 4.69) is 12.0 Å². The number of rotatable bonds is 4. The van der Waals surface area contributed by atoms with Gasteiger partial charge in [0.15, 0.2) is 0 Å². The molecular weight excluding hydrogens is 317 g/mol. The monoisotopic (exact) mass is 327 g/mol. The van der Waals surface area contributed by atoms with Gasteiger partial charge in [0.25, 0.3) is 0 Å². The fraction of sp³-hybridized carbons (Fsp3) is 0.0556. The zero-order valence-corrected chi connectivity index (χ0v) is 13.0. The van der Waals surface area contributed by atoms with Crippen LogP contribution in [0.15, 0.2) is 42.5 Å². The number of hydrogen-bond acceptors (Lipinski definition) is 2. The number of ether oxygens (including phenoxy) is 1. The SMILES string of the molecule is C#CCOc1ccc(/C=C(\C#N)c2ccc(Cl)cc2)cc1Cl. The maximum absolute atomic E-state index is 9.32. The van der Waals surface area contributed by atoms with Crippen molar-refractivity contribution in [3.05, 3.63) is 63.6 Å². The molecule has 2 rings (SSSR count). The predicted octanol–water partition coefficient (Wildman–Crippen LogP) is 5.07. The number of nitrogens with zero attached hydrogens (tertiary/aromatic N) is 1. The number of benzene rings is 2. The number of nitriles is 1. The molecular formula is C18H11Cl2NO. The van der Waals surface area contributed by atoms with Crippen LogP contribution in [0, 0.1) is 23.7 Å². The molecule has 0 N–H and O–H groups in total. The van der Waals surface area contributed by atoms with Gasteiger partial charge in [0.05, 0.1) is 16.7 Å². The lowest BCUT2D eigenvalue weighted by molar-refractivity contribution is 0.370. The van der Waals surface area contributed by atoms with Crippen LogP contribution in [0.5, 0.6) is 5.75 Å². The summed E-state index contributed by atoms with van der Waals surface area (Å²) in [6.45, 7) is 0.156. The lowest BCUT2D eigenvalue weighted by atomic mass is 10.0. The molecule has 0 aliphatic heterocycles. The van der Waals surface area contributed by atoms with E-state index >= 15 is 0 Å². The Morgan fingerprint density at radius 2 is 1.91 bits per heavy atom. The van der Waals surface area contributed by atoms with E-state index in [4.69, 9.17) is 34.4 Å². The molecule has 0 amide bonds. The maximum atomic E-state index is 9.32. The summed E-state index contributed by atoms with van der Waals surface area (Å²) in [5.74, 6) is 2.89. The molecule has 0 saturated heterocycles. The van der Waals surface area contributed by atoms with Crippen molar-refractivity contribution in [2.45, 2.75) is 0 Å². The van der Waals surface area contributed by atoms with Crippen LogP contribution in [0.1, 0.15) is 11.1 Å². The van der Waals surface area contributed by atoms with Gasteiger partial charge in [-0.15, -0.1) is 6.42 Å². The van der Waals surface area contributed by atoms with E-state index < -0.39 is 0 Å². The van der Waals surface area contributed by atoms with E-state index in [-0.39, 0.29) is 6.61 Å². The van der Waals surface area contributed by atoms with Crippen molar-refractivity contribution < 1.29 is 4.74 Å². The molecule has 0 fully saturated rings. The molecule has 0 radical (unpaired) electrons. The molecule has 0 atom stereocenters. The topological polar surface area (TPSA) is 33.0 Å². The molecule has 108 valence electrons. The van der Waals surface area contributed by atoms with E-state index in [0.717, 1.165) is 11.1 Å². The Morgan fingerprint density at radius 3 is 2.50 bits per heavy atom. The highest BCUT2D eigenvalue weighted by molar-refractivity contribution is 6.32. The van der Waals surface area contributed by atoms with Crippen LogP contribution in [0.25, 0.3) is 11.6 Å². The third-order valence-electron chi connectivity index (χ3n) is 2.85. The van der Waals surface area contributed by atoms with E-state index in [1.165, 1.54) is 0 Å². The van der Waals surface area contributed by atoms with E-state index in [1.54, 1.807) is 42.5 Å². The fourth-order valence-electron chi connectivity index (χ4n) is 1.82. The van der Waals surface area contributed by atoms with Gasteiger partial charge in [-0.05, 0) is 41.5 Å². The van der Waals surface area contributed by atoms with Gasteiger partial charge in [0.2, 0.25) is 0 Å². The van der Waals surface area contributed by atoms with E-state index in [0.29, 0.717) is 21.4 Å². The van der Waals surface area contributed by atoms with Crippen LogP contribution in [-0.2, 0) is 0 Å². The average molecular weight is 328 g/mol. The quantitative estimate of drug-likeness (QED) is 0.446. The summed E-state index contributed by atoms with van der Waals surface area (Å²) >= 11 is 12.0.